The highest BCUT2D eigenvalue weighted by atomic mass is 16.8. The van der Waals surface area contributed by atoms with Crippen LogP contribution in [0.2, 0.25) is 0 Å². The minimum absolute atomic E-state index is 0.121. The fourth-order valence-electron chi connectivity index (χ4n) is 17.2. The summed E-state index contributed by atoms with van der Waals surface area (Å²) in [5.74, 6) is -1.61. The Balaban J connectivity index is 1.02. The number of aliphatic hydroxyl groups is 24. The molecule has 3 saturated carbocycles. The highest BCUT2D eigenvalue weighted by Crippen LogP contribution is 2.69. The molecule has 0 radical (unpaired) electrons. The van der Waals surface area contributed by atoms with Gasteiger partial charge in [0.1, 0.15) is 165 Å². The number of rotatable bonds is 25. The van der Waals surface area contributed by atoms with Crippen molar-refractivity contribution >= 4 is 5.97 Å². The van der Waals surface area contributed by atoms with Crippen LogP contribution in [0.5, 0.6) is 0 Å². The van der Waals surface area contributed by atoms with E-state index in [0.717, 1.165) is 0 Å². The molecular weight excluding hydrogens is 1360 g/mol. The average molecular weight is 1470 g/mol. The third-order valence-corrected chi connectivity index (χ3v) is 23.4. The Morgan fingerprint density at radius 3 is 1.35 bits per heavy atom. The molecule has 0 bridgehead atoms. The molecule has 0 aromatic rings. The van der Waals surface area contributed by atoms with Gasteiger partial charge in [0.2, 0.25) is 6.29 Å². The Hall–Kier alpha value is -2.19. The van der Waals surface area contributed by atoms with Crippen LogP contribution in [0.4, 0.5) is 0 Å². The molecule has 6 heterocycles. The molecule has 6 saturated heterocycles. The molecule has 3 aliphatic carbocycles. The number of allylic oxidation sites excluding steroid dienone is 1. The van der Waals surface area contributed by atoms with E-state index < -0.39 is 295 Å². The second kappa shape index (κ2) is 33.7. The van der Waals surface area contributed by atoms with Crippen molar-refractivity contribution in [3.63, 3.8) is 0 Å². The molecule has 37 heteroatoms. The monoisotopic (exact) mass is 1470 g/mol. The SMILES string of the molecule is C=C1CC2(C)CCC3[C@](C)(C(=O)OC4OC(CO)C(O)C(OC5OC(CO)C(O)C(O)C5O)C4OC4OC(CO)C(O)C(O)C4O)CCC[C@@]3(C)[C@@H]2CCC1(C)CC1OC(COC2OC(CO)C(O)C(O)C2O)C(O)C(OC2OC(CO)C(O)C(O)C2O)C1OCC(O)C(O)C(O)C(O)CO. The highest BCUT2D eigenvalue weighted by molar-refractivity contribution is 5.77. The first kappa shape index (κ1) is 82.9. The standard InChI is InChI=1S/C64H108O37/c1-23-13-62(3)12-8-34-63(4,9-6-10-64(34,5)60(89)101-59-54(100-58-50(88)46(84)40(78)30(19-69)96-58)53(41(79)31(20-70)97-59)99-57-49(87)45(83)39(77)29(18-68)95-57)33(62)7-11-61(23,2)14-26-51(90-21-25(72)36(74)35(73)24(71)15-65)52(98-56-48(86)44(82)38(76)28(17-67)94-56)42(80)32(92-26)22-91-55-47(85)43(81)37(75)27(16-66)93-55/h24-59,65-88H,1,6-22H2,2-5H3/t24?,25?,26?,27?,28?,29?,30?,31?,32?,33-,34?,35?,36?,37?,38?,39?,40?,41?,42?,43?,44?,45?,46?,47?,48?,49?,50?,51?,52?,53?,54?,55?,56?,57?,58?,59?,61?,62?,63+,64-/m1/s1. The fraction of sp³-hybridized carbons (Fsp3) is 0.953. The molecule has 37 unspecified atom stereocenters. The van der Waals surface area contributed by atoms with Crippen LogP contribution in [-0.4, -0.2) is 390 Å². The van der Waals surface area contributed by atoms with E-state index in [-0.39, 0.29) is 18.8 Å². The lowest BCUT2D eigenvalue weighted by molar-refractivity contribution is -0.388. The van der Waals surface area contributed by atoms with Gasteiger partial charge in [-0.05, 0) is 86.4 Å². The minimum Gasteiger partial charge on any atom is -0.432 e. The van der Waals surface area contributed by atoms with Crippen LogP contribution < -0.4 is 0 Å². The van der Waals surface area contributed by atoms with Crippen molar-refractivity contribution in [3.8, 4) is 0 Å². The van der Waals surface area contributed by atoms with Gasteiger partial charge in [-0.15, -0.1) is 0 Å². The normalized spacial score (nSPS) is 50.4. The van der Waals surface area contributed by atoms with Crippen molar-refractivity contribution in [2.24, 2.45) is 33.5 Å². The highest BCUT2D eigenvalue weighted by Gasteiger charge is 2.65. The Kier molecular flexibility index (Phi) is 27.7. The van der Waals surface area contributed by atoms with Gasteiger partial charge in [-0.2, -0.15) is 0 Å². The van der Waals surface area contributed by atoms with E-state index in [2.05, 4.69) is 20.4 Å². The van der Waals surface area contributed by atoms with Crippen LogP contribution in [0.15, 0.2) is 12.2 Å². The zero-order valence-electron chi connectivity index (χ0n) is 56.6. The van der Waals surface area contributed by atoms with Crippen LogP contribution in [0.3, 0.4) is 0 Å². The van der Waals surface area contributed by atoms with Crippen molar-refractivity contribution in [3.05, 3.63) is 12.2 Å². The second-order valence-corrected chi connectivity index (χ2v) is 30.0. The van der Waals surface area contributed by atoms with Crippen molar-refractivity contribution < 1.29 is 184 Å². The first-order chi connectivity index (χ1) is 47.5. The number of fused-ring (bicyclic) bond motifs is 3. The van der Waals surface area contributed by atoms with Crippen LogP contribution in [0.1, 0.15) is 85.5 Å². The molecule has 37 nitrogen and oxygen atoms in total. The summed E-state index contributed by atoms with van der Waals surface area (Å²) in [7, 11) is 0. The number of esters is 1. The van der Waals surface area contributed by atoms with Crippen LogP contribution in [-0.2, 0) is 61.6 Å². The predicted octanol–water partition coefficient (Wildman–Crippen LogP) is -10.7. The second-order valence-electron chi connectivity index (χ2n) is 30.0. The van der Waals surface area contributed by atoms with E-state index >= 15 is 4.79 Å². The summed E-state index contributed by atoms with van der Waals surface area (Å²) >= 11 is 0. The minimum atomic E-state index is -2.18. The Morgan fingerprint density at radius 1 is 0.446 bits per heavy atom. The van der Waals surface area contributed by atoms with E-state index in [1.54, 1.807) is 6.92 Å². The van der Waals surface area contributed by atoms with Gasteiger partial charge in [0.25, 0.3) is 0 Å². The molecule has 0 amide bonds. The van der Waals surface area contributed by atoms with Crippen molar-refractivity contribution in [1.82, 2.24) is 0 Å². The van der Waals surface area contributed by atoms with Gasteiger partial charge < -0.3 is 179 Å². The quantitative estimate of drug-likeness (QED) is 0.0298. The van der Waals surface area contributed by atoms with Crippen molar-refractivity contribution in [2.45, 2.75) is 294 Å². The number of hydrogen-bond acceptors (Lipinski definition) is 37. The summed E-state index contributed by atoms with van der Waals surface area (Å²) in [5, 5.41) is 258. The zero-order valence-corrected chi connectivity index (χ0v) is 56.6. The lowest BCUT2D eigenvalue weighted by Crippen LogP contribution is -2.67. The van der Waals surface area contributed by atoms with Crippen molar-refractivity contribution in [2.75, 3.05) is 52.9 Å². The predicted molar refractivity (Wildman–Crippen MR) is 329 cm³/mol. The van der Waals surface area contributed by atoms with E-state index in [4.69, 9.17) is 56.8 Å². The molecule has 0 aromatic heterocycles. The maximum atomic E-state index is 15.6. The van der Waals surface area contributed by atoms with Gasteiger partial charge in [0.05, 0.1) is 64.4 Å². The van der Waals surface area contributed by atoms with Gasteiger partial charge in [-0.3, -0.25) is 4.79 Å². The van der Waals surface area contributed by atoms with Crippen molar-refractivity contribution in [1.29, 1.82) is 0 Å². The molecule has 0 spiro atoms. The molecule has 9 aliphatic rings. The summed E-state index contributed by atoms with van der Waals surface area (Å²) in [4.78, 5) is 15.6. The molecule has 24 N–H and O–H groups in total. The summed E-state index contributed by atoms with van der Waals surface area (Å²) < 4.78 is 72.5. The largest absolute Gasteiger partial charge is 0.432 e. The number of ether oxygens (including phenoxy) is 12. The Labute approximate surface area is 581 Å². The molecule has 6 aliphatic heterocycles. The number of hydrogen-bond donors (Lipinski definition) is 24. The van der Waals surface area contributed by atoms with Gasteiger partial charge in [0, 0.05) is 0 Å². The maximum Gasteiger partial charge on any atom is 0.314 e. The van der Waals surface area contributed by atoms with E-state index in [0.29, 0.717) is 50.5 Å². The van der Waals surface area contributed by atoms with Crippen LogP contribution >= 0.6 is 0 Å². The number of aliphatic hydroxyl groups excluding tert-OH is 24. The molecule has 9 rings (SSSR count). The van der Waals surface area contributed by atoms with E-state index in [9.17, 15) is 123 Å². The molecule has 586 valence electrons. The lowest BCUT2D eigenvalue weighted by Gasteiger charge is -2.62. The van der Waals surface area contributed by atoms with Crippen LogP contribution in [0.25, 0.3) is 0 Å². The lowest BCUT2D eigenvalue weighted by atomic mass is 9.42. The third kappa shape index (κ3) is 16.4. The smallest absolute Gasteiger partial charge is 0.314 e. The Bertz CT molecular complexity index is 2650. The van der Waals surface area contributed by atoms with Gasteiger partial charge in [-0.1, -0.05) is 39.3 Å². The number of carbonyl (C=O) groups excluding carboxylic acids is 1. The van der Waals surface area contributed by atoms with Gasteiger partial charge >= 0.3 is 5.97 Å². The average Bonchev–Trinajstić information content (AvgIpc) is 1.70. The van der Waals surface area contributed by atoms with E-state index in [1.165, 1.54) is 0 Å². The molecule has 9 fully saturated rings. The first-order valence-corrected chi connectivity index (χ1v) is 34.5. The van der Waals surface area contributed by atoms with Gasteiger partial charge in [0.15, 0.2) is 31.3 Å². The van der Waals surface area contributed by atoms with Gasteiger partial charge in [-0.25, -0.2) is 0 Å². The summed E-state index contributed by atoms with van der Waals surface area (Å²) in [6.07, 6.45) is -60.9. The summed E-state index contributed by atoms with van der Waals surface area (Å²) in [6, 6.07) is 0. The maximum absolute atomic E-state index is 15.6. The molecular formula is C64H108O37. The fourth-order valence-corrected chi connectivity index (χ4v) is 17.2. The van der Waals surface area contributed by atoms with E-state index in [1.807, 2.05) is 6.92 Å². The molecule has 101 heavy (non-hydrogen) atoms. The third-order valence-electron chi connectivity index (χ3n) is 23.4. The summed E-state index contributed by atoms with van der Waals surface area (Å²) in [5.41, 5.74) is -3.06. The first-order valence-electron chi connectivity index (χ1n) is 34.5. The number of carbonyl (C=O) groups is 1. The topological polar surface area (TPSA) is 613 Å². The van der Waals surface area contributed by atoms with Crippen LogP contribution in [0, 0.1) is 33.5 Å². The summed E-state index contributed by atoms with van der Waals surface area (Å²) in [6.45, 7) is 5.20. The molecule has 40 atom stereocenters. The Morgan fingerprint density at radius 2 is 0.861 bits per heavy atom. The zero-order chi connectivity index (χ0) is 74.4. The molecule has 0 aromatic carbocycles.